The lowest BCUT2D eigenvalue weighted by Crippen LogP contribution is -2.41. The molecular formula is C20H31N3O2. The summed E-state index contributed by atoms with van der Waals surface area (Å²) in [4.78, 5) is 16.9. The number of carbonyl (C=O) groups excluding carboxylic acids is 1. The van der Waals surface area contributed by atoms with Crippen molar-refractivity contribution in [3.05, 3.63) is 29.8 Å². The minimum absolute atomic E-state index is 0.0392. The molecule has 3 rings (SSSR count). The molecule has 0 aromatic heterocycles. The summed E-state index contributed by atoms with van der Waals surface area (Å²) >= 11 is 0. The molecular weight excluding hydrogens is 314 g/mol. The molecule has 2 amide bonds. The summed E-state index contributed by atoms with van der Waals surface area (Å²) in [6, 6.07) is 8.01. The molecule has 5 heteroatoms. The van der Waals surface area contributed by atoms with E-state index in [9.17, 15) is 4.79 Å². The van der Waals surface area contributed by atoms with E-state index in [1.807, 2.05) is 36.1 Å². The third-order valence-electron chi connectivity index (χ3n) is 5.36. The quantitative estimate of drug-likeness (QED) is 0.890. The largest absolute Gasteiger partial charge is 0.379 e. The van der Waals surface area contributed by atoms with Gasteiger partial charge in [0.05, 0.1) is 13.2 Å². The van der Waals surface area contributed by atoms with Crippen molar-refractivity contribution in [3.63, 3.8) is 0 Å². The fourth-order valence-electron chi connectivity index (χ4n) is 3.78. The molecule has 2 heterocycles. The fourth-order valence-corrected chi connectivity index (χ4v) is 3.78. The molecule has 2 fully saturated rings. The molecule has 0 bridgehead atoms. The van der Waals surface area contributed by atoms with Gasteiger partial charge in [-0.1, -0.05) is 12.1 Å². The molecule has 1 aromatic rings. The van der Waals surface area contributed by atoms with Gasteiger partial charge in [0, 0.05) is 31.9 Å². The number of aryl methyl sites for hydroxylation is 1. The van der Waals surface area contributed by atoms with E-state index < -0.39 is 0 Å². The summed E-state index contributed by atoms with van der Waals surface area (Å²) in [5.74, 6) is 0.768. The molecule has 0 atom stereocenters. The van der Waals surface area contributed by atoms with E-state index in [1.54, 1.807) is 0 Å². The predicted octanol–water partition coefficient (Wildman–Crippen LogP) is 3.35. The zero-order valence-corrected chi connectivity index (χ0v) is 15.4. The highest BCUT2D eigenvalue weighted by molar-refractivity contribution is 5.89. The van der Waals surface area contributed by atoms with Crippen LogP contribution in [-0.4, -0.2) is 61.8 Å². The third-order valence-corrected chi connectivity index (χ3v) is 5.36. The number of hydrogen-bond donors (Lipinski definition) is 1. The van der Waals surface area contributed by atoms with Crippen molar-refractivity contribution < 1.29 is 9.53 Å². The Bertz CT molecular complexity index is 550. The number of urea groups is 1. The number of likely N-dealkylation sites (tertiary alicyclic amines) is 1. The van der Waals surface area contributed by atoms with E-state index in [-0.39, 0.29) is 6.03 Å². The van der Waals surface area contributed by atoms with E-state index in [1.165, 1.54) is 19.4 Å². The van der Waals surface area contributed by atoms with Gasteiger partial charge in [0.25, 0.3) is 0 Å². The highest BCUT2D eigenvalue weighted by atomic mass is 16.5. The molecule has 0 unspecified atom stereocenters. The lowest BCUT2D eigenvalue weighted by atomic mass is 9.92. The molecule has 0 spiro atoms. The standard InChI is InChI=1S/C20H31N3O2/c1-17-4-2-6-19(16-17)21-20(24)23-10-7-18(8-11-23)5-3-9-22-12-14-25-15-13-22/h2,4,6,16,18H,3,5,7-15H2,1H3,(H,21,24). The van der Waals surface area contributed by atoms with Crippen molar-refractivity contribution in [2.75, 3.05) is 51.3 Å². The first-order chi connectivity index (χ1) is 12.2. The summed E-state index contributed by atoms with van der Waals surface area (Å²) in [6.45, 7) is 8.91. The van der Waals surface area contributed by atoms with E-state index in [0.717, 1.165) is 69.4 Å². The average Bonchev–Trinajstić information content (AvgIpc) is 2.63. The van der Waals surface area contributed by atoms with Crippen LogP contribution in [0.15, 0.2) is 24.3 Å². The molecule has 1 N–H and O–H groups in total. The first kappa shape index (κ1) is 18.2. The maximum absolute atomic E-state index is 12.4. The van der Waals surface area contributed by atoms with Gasteiger partial charge in [0.2, 0.25) is 0 Å². The van der Waals surface area contributed by atoms with E-state index in [2.05, 4.69) is 10.2 Å². The summed E-state index contributed by atoms with van der Waals surface area (Å²) in [7, 11) is 0. The Morgan fingerprint density at radius 3 is 2.68 bits per heavy atom. The SMILES string of the molecule is Cc1cccc(NC(=O)N2CCC(CCCN3CCOCC3)CC2)c1. The summed E-state index contributed by atoms with van der Waals surface area (Å²) in [5.41, 5.74) is 2.05. The normalized spacial score (nSPS) is 19.8. The highest BCUT2D eigenvalue weighted by Gasteiger charge is 2.23. The van der Waals surface area contributed by atoms with Gasteiger partial charge < -0.3 is 15.0 Å². The molecule has 1 aromatic carbocycles. The molecule has 2 aliphatic rings. The Hall–Kier alpha value is -1.59. The minimum atomic E-state index is 0.0392. The van der Waals surface area contributed by atoms with Crippen LogP contribution < -0.4 is 5.32 Å². The van der Waals surface area contributed by atoms with Gasteiger partial charge in [-0.2, -0.15) is 0 Å². The van der Waals surface area contributed by atoms with Crippen molar-refractivity contribution in [2.45, 2.75) is 32.6 Å². The van der Waals surface area contributed by atoms with Crippen molar-refractivity contribution in [1.82, 2.24) is 9.80 Å². The van der Waals surface area contributed by atoms with Crippen molar-refractivity contribution in [2.24, 2.45) is 5.92 Å². The Kier molecular flexibility index (Phi) is 6.70. The number of anilines is 1. The average molecular weight is 345 g/mol. The Morgan fingerprint density at radius 2 is 1.96 bits per heavy atom. The van der Waals surface area contributed by atoms with Crippen LogP contribution in [0.5, 0.6) is 0 Å². The van der Waals surface area contributed by atoms with E-state index in [4.69, 9.17) is 4.74 Å². The first-order valence-corrected chi connectivity index (χ1v) is 9.63. The topological polar surface area (TPSA) is 44.8 Å². The molecule has 5 nitrogen and oxygen atoms in total. The maximum atomic E-state index is 12.4. The van der Waals surface area contributed by atoms with Crippen LogP contribution in [0.4, 0.5) is 10.5 Å². The molecule has 2 saturated heterocycles. The van der Waals surface area contributed by atoms with Crippen molar-refractivity contribution in [1.29, 1.82) is 0 Å². The lowest BCUT2D eigenvalue weighted by Gasteiger charge is -2.33. The second kappa shape index (κ2) is 9.20. The van der Waals surface area contributed by atoms with Crippen LogP contribution in [0.2, 0.25) is 0 Å². The second-order valence-corrected chi connectivity index (χ2v) is 7.33. The van der Waals surface area contributed by atoms with Gasteiger partial charge in [-0.25, -0.2) is 4.79 Å². The second-order valence-electron chi connectivity index (χ2n) is 7.33. The highest BCUT2D eigenvalue weighted by Crippen LogP contribution is 2.23. The number of nitrogens with one attached hydrogen (secondary N) is 1. The number of nitrogens with zero attached hydrogens (tertiary/aromatic N) is 2. The predicted molar refractivity (Wildman–Crippen MR) is 101 cm³/mol. The van der Waals surface area contributed by atoms with Crippen LogP contribution >= 0.6 is 0 Å². The number of morpholine rings is 1. The van der Waals surface area contributed by atoms with E-state index >= 15 is 0 Å². The summed E-state index contributed by atoms with van der Waals surface area (Å²) in [6.07, 6.45) is 4.81. The fraction of sp³-hybridized carbons (Fsp3) is 0.650. The van der Waals surface area contributed by atoms with E-state index in [0.29, 0.717) is 0 Å². The van der Waals surface area contributed by atoms with Crippen LogP contribution in [0.25, 0.3) is 0 Å². The number of hydrogen-bond acceptors (Lipinski definition) is 3. The van der Waals surface area contributed by atoms with Crippen LogP contribution in [-0.2, 0) is 4.74 Å². The molecule has 138 valence electrons. The maximum Gasteiger partial charge on any atom is 0.321 e. The van der Waals surface area contributed by atoms with Gasteiger partial charge in [0.15, 0.2) is 0 Å². The molecule has 0 aliphatic carbocycles. The zero-order chi connectivity index (χ0) is 17.5. The summed E-state index contributed by atoms with van der Waals surface area (Å²) in [5, 5.41) is 3.02. The lowest BCUT2D eigenvalue weighted by molar-refractivity contribution is 0.0363. The van der Waals surface area contributed by atoms with Crippen molar-refractivity contribution >= 4 is 11.7 Å². The van der Waals surface area contributed by atoms with Crippen molar-refractivity contribution in [3.8, 4) is 0 Å². The third kappa shape index (κ3) is 5.72. The van der Waals surface area contributed by atoms with Crippen LogP contribution in [0.3, 0.4) is 0 Å². The van der Waals surface area contributed by atoms with Gasteiger partial charge >= 0.3 is 6.03 Å². The molecule has 0 saturated carbocycles. The number of piperidine rings is 1. The zero-order valence-electron chi connectivity index (χ0n) is 15.4. The number of ether oxygens (including phenoxy) is 1. The number of amides is 2. The smallest absolute Gasteiger partial charge is 0.321 e. The van der Waals surface area contributed by atoms with Gasteiger partial charge in [-0.05, 0) is 62.8 Å². The monoisotopic (exact) mass is 345 g/mol. The Morgan fingerprint density at radius 1 is 1.20 bits per heavy atom. The first-order valence-electron chi connectivity index (χ1n) is 9.63. The van der Waals surface area contributed by atoms with Gasteiger partial charge in [-0.15, -0.1) is 0 Å². The molecule has 2 aliphatic heterocycles. The number of carbonyl (C=O) groups is 1. The molecule has 0 radical (unpaired) electrons. The summed E-state index contributed by atoms with van der Waals surface area (Å²) < 4.78 is 5.39. The number of rotatable bonds is 5. The Labute approximate surface area is 151 Å². The van der Waals surface area contributed by atoms with Crippen LogP contribution in [0.1, 0.15) is 31.2 Å². The minimum Gasteiger partial charge on any atom is -0.379 e. The van der Waals surface area contributed by atoms with Gasteiger partial charge in [0.1, 0.15) is 0 Å². The number of benzene rings is 1. The molecule has 25 heavy (non-hydrogen) atoms. The van der Waals surface area contributed by atoms with Crippen LogP contribution in [0, 0.1) is 12.8 Å². The van der Waals surface area contributed by atoms with Gasteiger partial charge in [-0.3, -0.25) is 4.90 Å². The Balaban J connectivity index is 1.34.